The zero-order valence-corrected chi connectivity index (χ0v) is 13.0. The molecule has 1 aromatic rings. The molecule has 0 amide bonds. The van der Waals surface area contributed by atoms with Crippen LogP contribution in [-0.2, 0) is 4.74 Å². The molecule has 0 saturated carbocycles. The SMILES string of the molecule is CCC1COC(C)CN1c1nnc(C)c(C)c1C(N)=NO. The van der Waals surface area contributed by atoms with Crippen molar-refractivity contribution in [2.24, 2.45) is 10.9 Å². The number of oxime groups is 1. The number of aromatic nitrogens is 2. The van der Waals surface area contributed by atoms with Gasteiger partial charge in [-0.05, 0) is 32.8 Å². The predicted octanol–water partition coefficient (Wildman–Crippen LogP) is 1.19. The first-order chi connectivity index (χ1) is 9.99. The van der Waals surface area contributed by atoms with Crippen molar-refractivity contribution in [3.05, 3.63) is 16.8 Å². The molecule has 1 aromatic heterocycles. The Hall–Kier alpha value is -1.89. The summed E-state index contributed by atoms with van der Waals surface area (Å²) < 4.78 is 5.71. The Labute approximate surface area is 124 Å². The Bertz CT molecular complexity index is 546. The highest BCUT2D eigenvalue weighted by atomic mass is 16.5. The van der Waals surface area contributed by atoms with E-state index in [9.17, 15) is 0 Å². The molecule has 0 aromatic carbocycles. The van der Waals surface area contributed by atoms with Crippen LogP contribution in [0.15, 0.2) is 5.16 Å². The van der Waals surface area contributed by atoms with E-state index in [1.54, 1.807) is 0 Å². The number of hydrogen-bond acceptors (Lipinski definition) is 6. The third kappa shape index (κ3) is 2.92. The average Bonchev–Trinajstić information content (AvgIpc) is 2.49. The minimum Gasteiger partial charge on any atom is -0.409 e. The second kappa shape index (κ2) is 6.26. The molecule has 2 rings (SSSR count). The number of amidine groups is 1. The molecule has 21 heavy (non-hydrogen) atoms. The monoisotopic (exact) mass is 293 g/mol. The number of nitrogens with two attached hydrogens (primary N) is 1. The Kier molecular flexibility index (Phi) is 4.62. The van der Waals surface area contributed by atoms with Gasteiger partial charge >= 0.3 is 0 Å². The molecule has 116 valence electrons. The zero-order valence-electron chi connectivity index (χ0n) is 13.0. The van der Waals surface area contributed by atoms with Gasteiger partial charge in [-0.25, -0.2) is 0 Å². The second-order valence-corrected chi connectivity index (χ2v) is 5.45. The van der Waals surface area contributed by atoms with E-state index in [1.165, 1.54) is 0 Å². The van der Waals surface area contributed by atoms with Gasteiger partial charge < -0.3 is 20.6 Å². The molecule has 0 radical (unpaired) electrons. The average molecular weight is 293 g/mol. The third-order valence-electron chi connectivity index (χ3n) is 4.01. The molecular weight excluding hydrogens is 270 g/mol. The number of hydrogen-bond donors (Lipinski definition) is 2. The lowest BCUT2D eigenvalue weighted by molar-refractivity contribution is 0.0295. The van der Waals surface area contributed by atoms with Crippen LogP contribution in [0.2, 0.25) is 0 Å². The summed E-state index contributed by atoms with van der Waals surface area (Å²) in [4.78, 5) is 2.15. The van der Waals surface area contributed by atoms with Crippen molar-refractivity contribution in [1.29, 1.82) is 0 Å². The molecule has 0 spiro atoms. The van der Waals surface area contributed by atoms with Crippen LogP contribution in [0, 0.1) is 13.8 Å². The molecular formula is C14H23N5O2. The van der Waals surface area contributed by atoms with Crippen LogP contribution >= 0.6 is 0 Å². The molecule has 1 saturated heterocycles. The standard InChI is InChI=1S/C14H23N5O2/c1-5-11-7-21-8(2)6-19(11)14-12(13(15)18-20)9(3)10(4)16-17-14/h8,11,20H,5-7H2,1-4H3,(H2,15,18). The summed E-state index contributed by atoms with van der Waals surface area (Å²) >= 11 is 0. The molecule has 2 unspecified atom stereocenters. The van der Waals surface area contributed by atoms with Gasteiger partial charge in [0.25, 0.3) is 0 Å². The van der Waals surface area contributed by atoms with Gasteiger partial charge in [-0.1, -0.05) is 12.1 Å². The normalized spacial score (nSPS) is 23.4. The third-order valence-corrected chi connectivity index (χ3v) is 4.01. The van der Waals surface area contributed by atoms with Crippen molar-refractivity contribution in [3.63, 3.8) is 0 Å². The molecule has 7 heteroatoms. The van der Waals surface area contributed by atoms with Crippen molar-refractivity contribution >= 4 is 11.7 Å². The Morgan fingerprint density at radius 3 is 2.81 bits per heavy atom. The van der Waals surface area contributed by atoms with E-state index >= 15 is 0 Å². The van der Waals surface area contributed by atoms with Gasteiger partial charge in [0.05, 0.1) is 30.0 Å². The van der Waals surface area contributed by atoms with Crippen LogP contribution in [0.4, 0.5) is 5.82 Å². The fourth-order valence-electron chi connectivity index (χ4n) is 2.60. The second-order valence-electron chi connectivity index (χ2n) is 5.45. The van der Waals surface area contributed by atoms with Crippen molar-refractivity contribution in [2.75, 3.05) is 18.1 Å². The summed E-state index contributed by atoms with van der Waals surface area (Å²) in [5.41, 5.74) is 8.17. The number of rotatable bonds is 3. The molecule has 0 aliphatic carbocycles. The maximum Gasteiger partial charge on any atom is 0.174 e. The van der Waals surface area contributed by atoms with Crippen LogP contribution in [0.1, 0.15) is 37.1 Å². The number of morpholine rings is 1. The molecule has 1 aliphatic heterocycles. The van der Waals surface area contributed by atoms with E-state index in [0.29, 0.717) is 24.5 Å². The summed E-state index contributed by atoms with van der Waals surface area (Å²) in [6.45, 7) is 9.25. The van der Waals surface area contributed by atoms with Gasteiger partial charge in [-0.2, -0.15) is 5.10 Å². The van der Waals surface area contributed by atoms with Gasteiger partial charge in [0, 0.05) is 6.54 Å². The Morgan fingerprint density at radius 1 is 1.48 bits per heavy atom. The lowest BCUT2D eigenvalue weighted by Gasteiger charge is -2.39. The molecule has 1 fully saturated rings. The topological polar surface area (TPSA) is 96.9 Å². The van der Waals surface area contributed by atoms with Crippen LogP contribution in [0.5, 0.6) is 0 Å². The molecule has 1 aliphatic rings. The maximum atomic E-state index is 9.07. The van der Waals surface area contributed by atoms with Gasteiger partial charge in [0.1, 0.15) is 0 Å². The van der Waals surface area contributed by atoms with E-state index in [0.717, 1.165) is 17.7 Å². The quantitative estimate of drug-likeness (QED) is 0.376. The maximum absolute atomic E-state index is 9.07. The predicted molar refractivity (Wildman–Crippen MR) is 80.9 cm³/mol. The highest BCUT2D eigenvalue weighted by Gasteiger charge is 2.30. The smallest absolute Gasteiger partial charge is 0.174 e. The minimum absolute atomic E-state index is 0.0643. The first-order valence-corrected chi connectivity index (χ1v) is 7.19. The fourth-order valence-corrected chi connectivity index (χ4v) is 2.60. The van der Waals surface area contributed by atoms with E-state index in [2.05, 4.69) is 27.2 Å². The summed E-state index contributed by atoms with van der Waals surface area (Å²) in [7, 11) is 0. The highest BCUT2D eigenvalue weighted by Crippen LogP contribution is 2.27. The molecule has 7 nitrogen and oxygen atoms in total. The first-order valence-electron chi connectivity index (χ1n) is 7.19. The number of nitrogens with zero attached hydrogens (tertiary/aromatic N) is 4. The fraction of sp³-hybridized carbons (Fsp3) is 0.643. The Balaban J connectivity index is 2.54. The van der Waals surface area contributed by atoms with Crippen LogP contribution < -0.4 is 10.6 Å². The lowest BCUT2D eigenvalue weighted by Crippen LogP contribution is -2.50. The Morgan fingerprint density at radius 2 is 2.19 bits per heavy atom. The summed E-state index contributed by atoms with van der Waals surface area (Å²) in [5, 5.41) is 20.7. The molecule has 0 bridgehead atoms. The lowest BCUT2D eigenvalue weighted by atomic mass is 10.0. The first kappa shape index (κ1) is 15.5. The van der Waals surface area contributed by atoms with Crippen molar-refractivity contribution in [3.8, 4) is 0 Å². The largest absolute Gasteiger partial charge is 0.409 e. The number of ether oxygens (including phenoxy) is 1. The summed E-state index contributed by atoms with van der Waals surface area (Å²) in [5.74, 6) is 0.727. The number of anilines is 1. The number of aryl methyl sites for hydroxylation is 1. The van der Waals surface area contributed by atoms with Crippen molar-refractivity contribution in [1.82, 2.24) is 10.2 Å². The minimum atomic E-state index is 0.0643. The zero-order chi connectivity index (χ0) is 15.6. The van der Waals surface area contributed by atoms with Crippen molar-refractivity contribution < 1.29 is 9.94 Å². The van der Waals surface area contributed by atoms with Crippen LogP contribution in [0.25, 0.3) is 0 Å². The summed E-state index contributed by atoms with van der Waals surface area (Å²) in [6, 6.07) is 0.211. The van der Waals surface area contributed by atoms with E-state index in [-0.39, 0.29) is 18.0 Å². The molecule has 2 atom stereocenters. The van der Waals surface area contributed by atoms with E-state index < -0.39 is 0 Å². The molecule has 2 heterocycles. The van der Waals surface area contributed by atoms with Gasteiger partial charge in [-0.15, -0.1) is 5.10 Å². The van der Waals surface area contributed by atoms with E-state index in [1.807, 2.05) is 20.8 Å². The summed E-state index contributed by atoms with van der Waals surface area (Å²) in [6.07, 6.45) is 1.04. The molecule has 3 N–H and O–H groups in total. The van der Waals surface area contributed by atoms with Gasteiger partial charge in [-0.3, -0.25) is 0 Å². The van der Waals surface area contributed by atoms with Gasteiger partial charge in [0.15, 0.2) is 11.7 Å². The van der Waals surface area contributed by atoms with Crippen LogP contribution in [-0.4, -0.2) is 46.5 Å². The van der Waals surface area contributed by atoms with Gasteiger partial charge in [0.2, 0.25) is 0 Å². The van der Waals surface area contributed by atoms with Crippen LogP contribution in [0.3, 0.4) is 0 Å². The van der Waals surface area contributed by atoms with E-state index in [4.69, 9.17) is 15.7 Å². The highest BCUT2D eigenvalue weighted by molar-refractivity contribution is 6.02. The van der Waals surface area contributed by atoms with Crippen molar-refractivity contribution in [2.45, 2.75) is 46.3 Å².